The Kier molecular flexibility index (Phi) is 10.7. The van der Waals surface area contributed by atoms with E-state index in [4.69, 9.17) is 11.6 Å². The lowest BCUT2D eigenvalue weighted by Gasteiger charge is -2.20. The van der Waals surface area contributed by atoms with E-state index in [-0.39, 0.29) is 0 Å². The van der Waals surface area contributed by atoms with Gasteiger partial charge >= 0.3 is 0 Å². The quantitative estimate of drug-likeness (QED) is 0.146. The number of aromatic nitrogens is 3. The van der Waals surface area contributed by atoms with E-state index in [0.29, 0.717) is 5.69 Å². The molecule has 3 aromatic heterocycles. The van der Waals surface area contributed by atoms with Crippen molar-refractivity contribution in [1.82, 2.24) is 14.1 Å². The number of hydrogen-bond acceptors (Lipinski definition) is 1. The largest absolute Gasteiger partial charge is 0.307 e. The Hall–Kier alpha value is -8.78. The molecule has 0 saturated carbocycles. The lowest BCUT2D eigenvalue weighted by molar-refractivity contribution is 1.09. The van der Waals surface area contributed by atoms with Gasteiger partial charge in [0.25, 0.3) is 0 Å². The van der Waals surface area contributed by atoms with Crippen molar-refractivity contribution in [3.05, 3.63) is 238 Å². The second-order valence-corrected chi connectivity index (χ2v) is 20.3. The molecule has 0 aliphatic carbocycles. The zero-order valence-electron chi connectivity index (χ0n) is 42.1. The molecule has 0 aliphatic heterocycles. The van der Waals surface area contributed by atoms with Crippen LogP contribution in [0.25, 0.3) is 115 Å². The first-order chi connectivity index (χ1) is 34.9. The summed E-state index contributed by atoms with van der Waals surface area (Å²) in [5.41, 5.74) is 27.8. The maximum Gasteiger partial charge on any atom is 0.195 e. The molecule has 12 aromatic rings. The molecule has 9 aromatic carbocycles. The summed E-state index contributed by atoms with van der Waals surface area (Å²) in [6, 6.07) is 62.8. The first-order valence-corrected chi connectivity index (χ1v) is 24.8. The minimum atomic E-state index is 0.580. The molecule has 0 radical (unpaired) electrons. The summed E-state index contributed by atoms with van der Waals surface area (Å²) in [6.07, 6.45) is 4.00. The van der Waals surface area contributed by atoms with Crippen molar-refractivity contribution in [3.63, 3.8) is 0 Å². The van der Waals surface area contributed by atoms with Gasteiger partial charge in [-0.1, -0.05) is 166 Å². The van der Waals surface area contributed by atoms with E-state index in [9.17, 15) is 0 Å². The van der Waals surface area contributed by atoms with Gasteiger partial charge in [-0.3, -0.25) is 4.98 Å². The summed E-state index contributed by atoms with van der Waals surface area (Å²) in [7, 11) is 0. The Morgan fingerprint density at radius 3 is 0.917 bits per heavy atom. The van der Waals surface area contributed by atoms with Gasteiger partial charge in [-0.05, 0) is 154 Å². The average Bonchev–Trinajstić information content (AvgIpc) is 3.86. The third-order valence-electron chi connectivity index (χ3n) is 14.4. The molecule has 3 heterocycles. The van der Waals surface area contributed by atoms with E-state index in [1.165, 1.54) is 89.0 Å². The van der Waals surface area contributed by atoms with Gasteiger partial charge in [0, 0.05) is 27.1 Å². The predicted octanol–water partition coefficient (Wildman–Crippen LogP) is 18.6. The van der Waals surface area contributed by atoms with Gasteiger partial charge in [0.15, 0.2) is 5.69 Å². The minimum Gasteiger partial charge on any atom is -0.307 e. The topological polar surface area (TPSA) is 27.1 Å². The zero-order valence-corrected chi connectivity index (χ0v) is 42.1. The molecule has 0 amide bonds. The van der Waals surface area contributed by atoms with Crippen molar-refractivity contribution in [2.75, 3.05) is 0 Å². The number of rotatable bonds is 7. The van der Waals surface area contributed by atoms with Crippen LogP contribution in [-0.2, 0) is 0 Å². The highest BCUT2D eigenvalue weighted by atomic mass is 15.0. The molecule has 0 N–H and O–H groups in total. The highest BCUT2D eigenvalue weighted by molar-refractivity contribution is 6.14. The highest BCUT2D eigenvalue weighted by Crippen LogP contribution is 2.46. The normalized spacial score (nSPS) is 11.6. The van der Waals surface area contributed by atoms with E-state index >= 15 is 0 Å². The molecule has 0 saturated heterocycles. The number of para-hydroxylation sites is 1. The minimum absolute atomic E-state index is 0.580. The fraction of sp³-hybridized carbons (Fsp3) is 0.118. The first-order valence-electron chi connectivity index (χ1n) is 24.8. The van der Waals surface area contributed by atoms with Gasteiger partial charge in [0.1, 0.15) is 0 Å². The second kappa shape index (κ2) is 17.3. The van der Waals surface area contributed by atoms with Crippen molar-refractivity contribution >= 4 is 49.3 Å². The van der Waals surface area contributed by atoms with Crippen LogP contribution in [0.15, 0.2) is 182 Å². The summed E-state index contributed by atoms with van der Waals surface area (Å²) in [5.74, 6) is 0. The maximum absolute atomic E-state index is 8.59. The zero-order chi connectivity index (χ0) is 49.5. The molecule has 4 nitrogen and oxygen atoms in total. The van der Waals surface area contributed by atoms with Crippen molar-refractivity contribution in [2.45, 2.75) is 55.4 Å². The summed E-state index contributed by atoms with van der Waals surface area (Å²) < 4.78 is 4.77. The van der Waals surface area contributed by atoms with E-state index in [1.807, 2.05) is 30.6 Å². The van der Waals surface area contributed by atoms with Crippen LogP contribution in [0.5, 0.6) is 0 Å². The second-order valence-electron chi connectivity index (χ2n) is 20.3. The smallest absolute Gasteiger partial charge is 0.195 e. The van der Waals surface area contributed by atoms with E-state index in [2.05, 4.69) is 221 Å². The number of hydrogen-bond donors (Lipinski definition) is 0. The summed E-state index contributed by atoms with van der Waals surface area (Å²) in [4.78, 5) is 9.37. The molecule has 0 bridgehead atoms. The van der Waals surface area contributed by atoms with Crippen molar-refractivity contribution in [1.29, 1.82) is 0 Å². The van der Waals surface area contributed by atoms with E-state index < -0.39 is 0 Å². The van der Waals surface area contributed by atoms with Gasteiger partial charge in [-0.25, -0.2) is 4.85 Å². The fourth-order valence-electron chi connectivity index (χ4n) is 11.7. The standard InChI is InChI=1S/C68H54N4/c1-40-22-41(2)27-52(26-40)48-14-18-62-57(34-48)58-35-49(53-28-42(3)23-43(4)29-53)15-19-63(58)71(62)66-38-70-39-67(68(66)56-12-10-11-13-61(56)69-9)72-64-20-16-50(54-30-44(5)24-45(6)31-54)36-59(64)60-37-51(17-21-65(60)72)55-32-46(7)25-47(8)33-55/h10-39H,1-8H3. The number of pyridine rings is 1. The molecule has 4 heteroatoms. The van der Waals surface area contributed by atoms with E-state index in [1.54, 1.807) is 0 Å². The Morgan fingerprint density at radius 2 is 0.625 bits per heavy atom. The lowest BCUT2D eigenvalue weighted by atomic mass is 9.97. The van der Waals surface area contributed by atoms with Crippen LogP contribution in [0.1, 0.15) is 44.5 Å². The van der Waals surface area contributed by atoms with Gasteiger partial charge in [0.2, 0.25) is 0 Å². The monoisotopic (exact) mass is 926 g/mol. The van der Waals surface area contributed by atoms with Crippen LogP contribution in [0.2, 0.25) is 0 Å². The molecule has 0 aliphatic rings. The van der Waals surface area contributed by atoms with Crippen LogP contribution < -0.4 is 0 Å². The number of fused-ring (bicyclic) bond motifs is 6. The molecule has 0 atom stereocenters. The van der Waals surface area contributed by atoms with Crippen LogP contribution in [-0.4, -0.2) is 14.1 Å². The predicted molar refractivity (Wildman–Crippen MR) is 304 cm³/mol. The number of benzene rings is 9. The molecule has 0 unspecified atom stereocenters. The number of nitrogens with zero attached hydrogens (tertiary/aromatic N) is 4. The molecule has 72 heavy (non-hydrogen) atoms. The third kappa shape index (κ3) is 7.66. The van der Waals surface area contributed by atoms with Crippen molar-refractivity contribution in [3.8, 4) is 67.0 Å². The summed E-state index contributed by atoms with van der Waals surface area (Å²) in [5, 5.41) is 4.60. The Bertz CT molecular complexity index is 3720. The molecular formula is C68H54N4. The Morgan fingerprint density at radius 1 is 0.333 bits per heavy atom. The number of aryl methyl sites for hydroxylation is 8. The molecule has 0 spiro atoms. The SMILES string of the molecule is [C-]#[N+]c1ccccc1-c1c(-n2c3ccc(-c4cc(C)cc(C)c4)cc3c3cc(-c4cc(C)cc(C)c4)ccc32)cncc1-n1c2ccc(-c3cc(C)cc(C)c3)cc2c2cc(-c3cc(C)cc(C)c3)ccc21. The van der Waals surface area contributed by atoms with Crippen molar-refractivity contribution < 1.29 is 0 Å². The Balaban J connectivity index is 1.18. The van der Waals surface area contributed by atoms with Gasteiger partial charge in [0.05, 0.1) is 52.4 Å². The molecular weight excluding hydrogens is 873 g/mol. The highest BCUT2D eigenvalue weighted by Gasteiger charge is 2.25. The fourth-order valence-corrected chi connectivity index (χ4v) is 11.7. The molecule has 346 valence electrons. The summed E-state index contributed by atoms with van der Waals surface area (Å²) in [6.45, 7) is 26.0. The summed E-state index contributed by atoms with van der Waals surface area (Å²) >= 11 is 0. The van der Waals surface area contributed by atoms with Gasteiger partial charge in [-0.15, -0.1) is 0 Å². The maximum atomic E-state index is 8.59. The van der Waals surface area contributed by atoms with Crippen LogP contribution in [0, 0.1) is 62.0 Å². The average molecular weight is 927 g/mol. The van der Waals surface area contributed by atoms with E-state index in [0.717, 1.165) is 66.1 Å². The van der Waals surface area contributed by atoms with Crippen LogP contribution in [0.3, 0.4) is 0 Å². The molecule has 0 fully saturated rings. The van der Waals surface area contributed by atoms with Crippen molar-refractivity contribution in [2.24, 2.45) is 0 Å². The lowest BCUT2D eigenvalue weighted by Crippen LogP contribution is -2.05. The third-order valence-corrected chi connectivity index (χ3v) is 14.4. The first kappa shape index (κ1) is 44.4. The Labute approximate surface area is 422 Å². The molecule has 12 rings (SSSR count). The van der Waals surface area contributed by atoms with Gasteiger partial charge < -0.3 is 9.13 Å². The van der Waals surface area contributed by atoms with Gasteiger partial charge in [-0.2, -0.15) is 0 Å². The van der Waals surface area contributed by atoms with Crippen LogP contribution >= 0.6 is 0 Å². The van der Waals surface area contributed by atoms with Crippen LogP contribution in [0.4, 0.5) is 5.69 Å².